The van der Waals surface area contributed by atoms with Crippen molar-refractivity contribution >= 4 is 65.6 Å². The molecule has 2 aliphatic heterocycles. The molecular weight excluding hydrogens is 528 g/mol. The quantitative estimate of drug-likeness (QED) is 0.455. The highest BCUT2D eigenvalue weighted by molar-refractivity contribution is 7.91. The van der Waals surface area contributed by atoms with Crippen LogP contribution in [0.2, 0.25) is 4.34 Å². The van der Waals surface area contributed by atoms with Gasteiger partial charge in [0.25, 0.3) is 10.0 Å². The van der Waals surface area contributed by atoms with E-state index < -0.39 is 10.0 Å². The fraction of sp³-hybridized carbons (Fsp3) is 0.478. The molecule has 2 aliphatic rings. The third kappa shape index (κ3) is 5.01. The predicted octanol–water partition coefficient (Wildman–Crippen LogP) is 4.16. The molecule has 0 aliphatic carbocycles. The van der Waals surface area contributed by atoms with Crippen LogP contribution >= 0.6 is 34.3 Å². The number of piperazine rings is 1. The van der Waals surface area contributed by atoms with Gasteiger partial charge in [0.1, 0.15) is 15.5 Å². The maximum Gasteiger partial charge on any atom is 0.252 e. The standard InChI is InChI=1S/C23H27ClN4O4S3/c1-2-32-17-6-3-7-18-21(17)25-23(33-18)27-13-11-26(12-14-27)22(29)16-5-4-10-28(15-16)35(30,31)20-9-8-19(24)34-20/h3,6-9,16H,2,4-5,10-15H2,1H3. The van der Waals surface area contributed by atoms with Crippen LogP contribution in [0.3, 0.4) is 0 Å². The maximum absolute atomic E-state index is 13.3. The summed E-state index contributed by atoms with van der Waals surface area (Å²) in [6.07, 6.45) is 1.37. The molecule has 3 aromatic rings. The van der Waals surface area contributed by atoms with Gasteiger partial charge in [-0.1, -0.05) is 29.0 Å². The van der Waals surface area contributed by atoms with E-state index in [0.29, 0.717) is 56.5 Å². The highest BCUT2D eigenvalue weighted by atomic mass is 35.5. The van der Waals surface area contributed by atoms with Crippen LogP contribution in [0, 0.1) is 5.92 Å². The van der Waals surface area contributed by atoms with Crippen molar-refractivity contribution in [2.45, 2.75) is 24.0 Å². The van der Waals surface area contributed by atoms with Crippen molar-refractivity contribution in [1.82, 2.24) is 14.2 Å². The highest BCUT2D eigenvalue weighted by Crippen LogP contribution is 2.35. The molecule has 0 spiro atoms. The molecule has 12 heteroatoms. The summed E-state index contributed by atoms with van der Waals surface area (Å²) in [4.78, 5) is 22.2. The second-order valence-corrected chi connectivity index (χ2v) is 13.5. The minimum absolute atomic E-state index is 0.0386. The first-order chi connectivity index (χ1) is 16.9. The number of ether oxygens (including phenoxy) is 1. The number of hydrogen-bond donors (Lipinski definition) is 0. The first-order valence-corrected chi connectivity index (χ1v) is 15.1. The lowest BCUT2D eigenvalue weighted by atomic mass is 9.98. The van der Waals surface area contributed by atoms with Crippen LogP contribution < -0.4 is 9.64 Å². The van der Waals surface area contributed by atoms with E-state index in [2.05, 4.69) is 4.90 Å². The number of anilines is 1. The minimum Gasteiger partial charge on any atom is -0.492 e. The molecular formula is C23H27ClN4O4S3. The van der Waals surface area contributed by atoms with Gasteiger partial charge in [-0.3, -0.25) is 4.79 Å². The average Bonchev–Trinajstić information content (AvgIpc) is 3.51. The van der Waals surface area contributed by atoms with Crippen molar-refractivity contribution in [2.75, 3.05) is 50.8 Å². The van der Waals surface area contributed by atoms with Gasteiger partial charge in [-0.25, -0.2) is 13.4 Å². The smallest absolute Gasteiger partial charge is 0.252 e. The van der Waals surface area contributed by atoms with Gasteiger partial charge in [0, 0.05) is 39.3 Å². The molecule has 8 nitrogen and oxygen atoms in total. The minimum atomic E-state index is -3.63. The normalized spacial score (nSPS) is 19.9. The Morgan fingerprint density at radius 2 is 1.94 bits per heavy atom. The summed E-state index contributed by atoms with van der Waals surface area (Å²) in [5, 5.41) is 0.934. The molecule has 5 rings (SSSR count). The fourth-order valence-corrected chi connectivity index (χ4v) is 8.82. The number of rotatable bonds is 6. The lowest BCUT2D eigenvalue weighted by Gasteiger charge is -2.38. The molecule has 188 valence electrons. The highest BCUT2D eigenvalue weighted by Gasteiger charge is 2.36. The molecule has 0 N–H and O–H groups in total. The Balaban J connectivity index is 1.22. The van der Waals surface area contributed by atoms with E-state index in [-0.39, 0.29) is 22.6 Å². The van der Waals surface area contributed by atoms with Gasteiger partial charge < -0.3 is 14.5 Å². The Bertz CT molecular complexity index is 1320. The second kappa shape index (κ2) is 10.2. The van der Waals surface area contributed by atoms with Crippen LogP contribution in [-0.4, -0.2) is 74.4 Å². The first-order valence-electron chi connectivity index (χ1n) is 11.7. The fourth-order valence-electron chi connectivity index (χ4n) is 4.62. The number of nitrogens with zero attached hydrogens (tertiary/aromatic N) is 4. The summed E-state index contributed by atoms with van der Waals surface area (Å²) in [7, 11) is -3.63. The molecule has 1 aromatic carbocycles. The number of carbonyl (C=O) groups is 1. The third-order valence-electron chi connectivity index (χ3n) is 6.41. The van der Waals surface area contributed by atoms with Crippen molar-refractivity contribution in [3.8, 4) is 5.75 Å². The Hall–Kier alpha value is -1.92. The average molecular weight is 555 g/mol. The summed E-state index contributed by atoms with van der Waals surface area (Å²) in [5.41, 5.74) is 0.878. The summed E-state index contributed by atoms with van der Waals surface area (Å²) in [6, 6.07) is 9.09. The number of hydrogen-bond acceptors (Lipinski definition) is 8. The second-order valence-electron chi connectivity index (χ2n) is 8.61. The Morgan fingerprint density at radius 1 is 1.14 bits per heavy atom. The Morgan fingerprint density at radius 3 is 2.66 bits per heavy atom. The number of sulfonamides is 1. The van der Waals surface area contributed by atoms with E-state index in [4.69, 9.17) is 21.3 Å². The van der Waals surface area contributed by atoms with E-state index in [9.17, 15) is 13.2 Å². The van der Waals surface area contributed by atoms with Crippen LogP contribution in [0.15, 0.2) is 34.5 Å². The largest absolute Gasteiger partial charge is 0.492 e. The van der Waals surface area contributed by atoms with Gasteiger partial charge >= 0.3 is 0 Å². The van der Waals surface area contributed by atoms with Gasteiger partial charge in [0.05, 0.1) is 21.6 Å². The first kappa shape index (κ1) is 24.8. The predicted molar refractivity (Wildman–Crippen MR) is 140 cm³/mol. The van der Waals surface area contributed by atoms with E-state index >= 15 is 0 Å². The van der Waals surface area contributed by atoms with Crippen molar-refractivity contribution in [3.05, 3.63) is 34.7 Å². The van der Waals surface area contributed by atoms with Crippen molar-refractivity contribution in [1.29, 1.82) is 0 Å². The zero-order valence-corrected chi connectivity index (χ0v) is 22.6. The van der Waals surface area contributed by atoms with Gasteiger partial charge in [-0.2, -0.15) is 4.31 Å². The number of fused-ring (bicyclic) bond motifs is 1. The van der Waals surface area contributed by atoms with Crippen molar-refractivity contribution < 1.29 is 17.9 Å². The van der Waals surface area contributed by atoms with Gasteiger partial charge in [-0.05, 0) is 44.0 Å². The van der Waals surface area contributed by atoms with Gasteiger partial charge in [0.15, 0.2) is 5.13 Å². The lowest BCUT2D eigenvalue weighted by molar-refractivity contribution is -0.137. The van der Waals surface area contributed by atoms with Crippen LogP contribution in [0.5, 0.6) is 5.75 Å². The Labute approximate surface area is 218 Å². The SMILES string of the molecule is CCOc1cccc2sc(N3CCN(C(=O)C4CCCN(S(=O)(=O)c5ccc(Cl)s5)C4)CC3)nc12. The number of benzene rings is 1. The monoisotopic (exact) mass is 554 g/mol. The van der Waals surface area contributed by atoms with E-state index in [1.807, 2.05) is 30.0 Å². The lowest BCUT2D eigenvalue weighted by Crippen LogP contribution is -2.53. The molecule has 0 radical (unpaired) electrons. The number of thiazole rings is 1. The van der Waals surface area contributed by atoms with Crippen LogP contribution in [0.4, 0.5) is 5.13 Å². The summed E-state index contributed by atoms with van der Waals surface area (Å²) >= 11 is 8.63. The van der Waals surface area contributed by atoms with Crippen LogP contribution in [0.1, 0.15) is 19.8 Å². The van der Waals surface area contributed by atoms with Gasteiger partial charge in [-0.15, -0.1) is 11.3 Å². The molecule has 0 bridgehead atoms. The number of aromatic nitrogens is 1. The topological polar surface area (TPSA) is 83.0 Å². The number of thiophene rings is 1. The number of piperidine rings is 1. The molecule has 2 saturated heterocycles. The Kier molecular flexibility index (Phi) is 7.23. The molecule has 0 saturated carbocycles. The van der Waals surface area contributed by atoms with Crippen molar-refractivity contribution in [2.24, 2.45) is 5.92 Å². The molecule has 4 heterocycles. The molecule has 1 amide bonds. The van der Waals surface area contributed by atoms with E-state index in [0.717, 1.165) is 32.4 Å². The molecule has 1 atom stereocenters. The zero-order valence-electron chi connectivity index (χ0n) is 19.4. The van der Waals surface area contributed by atoms with Gasteiger partial charge in [0.2, 0.25) is 5.91 Å². The summed E-state index contributed by atoms with van der Waals surface area (Å²) in [6.45, 7) is 5.77. The van der Waals surface area contributed by atoms with E-state index in [1.54, 1.807) is 17.4 Å². The molecule has 2 fully saturated rings. The van der Waals surface area contributed by atoms with Crippen LogP contribution in [0.25, 0.3) is 10.2 Å². The van der Waals surface area contributed by atoms with Crippen LogP contribution in [-0.2, 0) is 14.8 Å². The number of carbonyl (C=O) groups excluding carboxylic acids is 1. The number of halogens is 1. The zero-order chi connectivity index (χ0) is 24.6. The molecule has 35 heavy (non-hydrogen) atoms. The molecule has 1 unspecified atom stereocenters. The number of amides is 1. The summed E-state index contributed by atoms with van der Waals surface area (Å²) in [5.74, 6) is 0.511. The van der Waals surface area contributed by atoms with E-state index in [1.165, 1.54) is 10.4 Å². The molecule has 2 aromatic heterocycles. The maximum atomic E-state index is 13.3. The summed E-state index contributed by atoms with van der Waals surface area (Å²) < 4.78 is 34.9. The van der Waals surface area contributed by atoms with Crippen molar-refractivity contribution in [3.63, 3.8) is 0 Å². The number of para-hydroxylation sites is 1. The third-order valence-corrected chi connectivity index (χ3v) is 11.1.